The summed E-state index contributed by atoms with van der Waals surface area (Å²) in [4.78, 5) is 13.7. The molecule has 0 saturated carbocycles. The first-order valence-corrected chi connectivity index (χ1v) is 6.01. The van der Waals surface area contributed by atoms with Crippen LogP contribution in [0.5, 0.6) is 11.5 Å². The fraction of sp³-hybridized carbons (Fsp3) is 0.385. The van der Waals surface area contributed by atoms with E-state index in [9.17, 15) is 9.90 Å². The number of carbonyl (C=O) groups excluding carboxylic acids is 1. The Morgan fingerprint density at radius 3 is 2.70 bits per heavy atom. The number of phenols is 1. The van der Waals surface area contributed by atoms with Gasteiger partial charge in [-0.2, -0.15) is 0 Å². The number of hydrogen-bond acceptors (Lipinski definition) is 5. The number of oxime groups is 1. The summed E-state index contributed by atoms with van der Waals surface area (Å²) in [5.74, 6) is -0.0272. The van der Waals surface area contributed by atoms with Crippen molar-refractivity contribution in [3.63, 3.8) is 0 Å². The summed E-state index contributed by atoms with van der Waals surface area (Å²) < 4.78 is 4.92. The molecule has 1 atom stereocenters. The molecule has 110 valence electrons. The van der Waals surface area contributed by atoms with Crippen LogP contribution in [0.1, 0.15) is 23.7 Å². The van der Waals surface area contributed by atoms with Crippen LogP contribution in [0.15, 0.2) is 23.4 Å². The van der Waals surface area contributed by atoms with Gasteiger partial charge in [-0.05, 0) is 25.1 Å². The van der Waals surface area contributed by atoms with Crippen molar-refractivity contribution < 1.29 is 19.8 Å². The van der Waals surface area contributed by atoms with E-state index >= 15 is 0 Å². The predicted octanol–water partition coefficient (Wildman–Crippen LogP) is 0.998. The minimum absolute atomic E-state index is 0.0507. The second-order valence-corrected chi connectivity index (χ2v) is 4.45. The van der Waals surface area contributed by atoms with Crippen LogP contribution in [0, 0.1) is 0 Å². The highest BCUT2D eigenvalue weighted by Gasteiger charge is 2.19. The third kappa shape index (κ3) is 3.53. The average Bonchev–Trinajstić information content (AvgIpc) is 2.45. The number of carbonyl (C=O) groups is 1. The number of ether oxygens (including phenoxy) is 1. The van der Waals surface area contributed by atoms with E-state index in [-0.39, 0.29) is 30.0 Å². The van der Waals surface area contributed by atoms with Gasteiger partial charge in [0.05, 0.1) is 7.11 Å². The monoisotopic (exact) mass is 281 g/mol. The quantitative estimate of drug-likeness (QED) is 0.323. The van der Waals surface area contributed by atoms with E-state index < -0.39 is 0 Å². The molecule has 1 unspecified atom stereocenters. The number of amides is 1. The molecule has 1 aromatic rings. The summed E-state index contributed by atoms with van der Waals surface area (Å²) in [6, 6.07) is 4.18. The van der Waals surface area contributed by atoms with Crippen LogP contribution in [0.4, 0.5) is 0 Å². The number of methoxy groups -OCH3 is 1. The zero-order chi connectivity index (χ0) is 15.3. The van der Waals surface area contributed by atoms with Crippen LogP contribution in [0.2, 0.25) is 0 Å². The van der Waals surface area contributed by atoms with Gasteiger partial charge in [-0.3, -0.25) is 4.79 Å². The molecule has 0 aliphatic carbocycles. The van der Waals surface area contributed by atoms with Gasteiger partial charge in [-0.15, -0.1) is 0 Å². The molecule has 0 aliphatic rings. The van der Waals surface area contributed by atoms with Crippen molar-refractivity contribution in [3.05, 3.63) is 23.8 Å². The first-order chi connectivity index (χ1) is 9.40. The minimum Gasteiger partial charge on any atom is -0.504 e. The molecule has 1 rings (SSSR count). The third-order valence-corrected chi connectivity index (χ3v) is 3.04. The van der Waals surface area contributed by atoms with Crippen LogP contribution >= 0.6 is 0 Å². The van der Waals surface area contributed by atoms with Gasteiger partial charge in [-0.1, -0.05) is 5.16 Å². The Hall–Kier alpha value is -2.44. The average molecular weight is 281 g/mol. The maximum atomic E-state index is 12.2. The van der Waals surface area contributed by atoms with Gasteiger partial charge >= 0.3 is 0 Å². The molecule has 1 aromatic carbocycles. The molecule has 4 N–H and O–H groups in total. The van der Waals surface area contributed by atoms with Gasteiger partial charge in [0.25, 0.3) is 5.91 Å². The predicted molar refractivity (Wildman–Crippen MR) is 74.2 cm³/mol. The number of hydrogen-bond donors (Lipinski definition) is 3. The zero-order valence-electron chi connectivity index (χ0n) is 11.7. The van der Waals surface area contributed by atoms with Crippen LogP contribution in [0.3, 0.4) is 0 Å². The summed E-state index contributed by atoms with van der Waals surface area (Å²) in [6.45, 7) is 1.78. The van der Waals surface area contributed by atoms with Crippen molar-refractivity contribution >= 4 is 11.7 Å². The van der Waals surface area contributed by atoms with Crippen molar-refractivity contribution in [2.75, 3.05) is 14.2 Å². The van der Waals surface area contributed by atoms with E-state index in [1.165, 1.54) is 24.1 Å². The lowest BCUT2D eigenvalue weighted by atomic mass is 10.1. The van der Waals surface area contributed by atoms with Crippen LogP contribution in [-0.2, 0) is 0 Å². The van der Waals surface area contributed by atoms with E-state index in [1.807, 2.05) is 0 Å². The number of amidine groups is 1. The number of rotatable bonds is 5. The normalized spacial score (nSPS) is 12.8. The highest BCUT2D eigenvalue weighted by molar-refractivity contribution is 5.95. The lowest BCUT2D eigenvalue weighted by Crippen LogP contribution is -2.37. The fourth-order valence-electron chi connectivity index (χ4n) is 1.71. The summed E-state index contributed by atoms with van der Waals surface area (Å²) in [7, 11) is 3.04. The molecular weight excluding hydrogens is 262 g/mol. The molecule has 0 saturated heterocycles. The first-order valence-electron chi connectivity index (χ1n) is 6.01. The fourth-order valence-corrected chi connectivity index (χ4v) is 1.71. The second-order valence-electron chi connectivity index (χ2n) is 4.45. The van der Waals surface area contributed by atoms with E-state index in [4.69, 9.17) is 15.7 Å². The smallest absolute Gasteiger partial charge is 0.253 e. The Balaban J connectivity index is 2.86. The van der Waals surface area contributed by atoms with Gasteiger partial charge in [0.2, 0.25) is 0 Å². The standard InChI is InChI=1S/C13H19N3O4/c1-8(6-12(14)15-19)16(2)13(18)9-4-5-11(20-3)10(17)7-9/h4-5,7-8,17,19H,6H2,1-3H3,(H2,14,15). The highest BCUT2D eigenvalue weighted by atomic mass is 16.5. The number of nitrogens with two attached hydrogens (primary N) is 1. The van der Waals surface area contributed by atoms with E-state index in [2.05, 4.69) is 5.16 Å². The largest absolute Gasteiger partial charge is 0.504 e. The van der Waals surface area contributed by atoms with E-state index in [0.29, 0.717) is 11.3 Å². The summed E-state index contributed by atoms with van der Waals surface area (Å²) >= 11 is 0. The van der Waals surface area contributed by atoms with Crippen molar-refractivity contribution in [2.45, 2.75) is 19.4 Å². The number of benzene rings is 1. The third-order valence-electron chi connectivity index (χ3n) is 3.04. The maximum absolute atomic E-state index is 12.2. The molecule has 0 fully saturated rings. The minimum atomic E-state index is -0.277. The Bertz CT molecular complexity index is 516. The van der Waals surface area contributed by atoms with E-state index in [0.717, 1.165) is 0 Å². The molecule has 7 nitrogen and oxygen atoms in total. The molecular formula is C13H19N3O4. The Morgan fingerprint density at radius 2 is 2.20 bits per heavy atom. The lowest BCUT2D eigenvalue weighted by Gasteiger charge is -2.24. The van der Waals surface area contributed by atoms with Crippen molar-refractivity contribution in [1.29, 1.82) is 0 Å². The molecule has 0 radical (unpaired) electrons. The molecule has 0 bridgehead atoms. The van der Waals surface area contributed by atoms with Gasteiger partial charge < -0.3 is 25.7 Å². The molecule has 0 aliphatic heterocycles. The zero-order valence-corrected chi connectivity index (χ0v) is 11.7. The number of aromatic hydroxyl groups is 1. The Labute approximate surface area is 117 Å². The van der Waals surface area contributed by atoms with Gasteiger partial charge in [0, 0.05) is 25.1 Å². The summed E-state index contributed by atoms with van der Waals surface area (Å²) in [5.41, 5.74) is 5.75. The molecule has 20 heavy (non-hydrogen) atoms. The first kappa shape index (κ1) is 15.6. The summed E-state index contributed by atoms with van der Waals surface area (Å²) in [5, 5.41) is 21.1. The SMILES string of the molecule is COc1ccc(C(=O)N(C)C(C)CC(N)=NO)cc1O. The topological polar surface area (TPSA) is 108 Å². The number of phenolic OH excluding ortho intramolecular Hbond substituents is 1. The van der Waals surface area contributed by atoms with Gasteiger partial charge in [0.1, 0.15) is 5.84 Å². The lowest BCUT2D eigenvalue weighted by molar-refractivity contribution is 0.0746. The molecule has 1 amide bonds. The van der Waals surface area contributed by atoms with Crippen molar-refractivity contribution in [2.24, 2.45) is 10.9 Å². The van der Waals surface area contributed by atoms with Crippen molar-refractivity contribution in [3.8, 4) is 11.5 Å². The number of nitrogens with zero attached hydrogens (tertiary/aromatic N) is 2. The maximum Gasteiger partial charge on any atom is 0.253 e. The Morgan fingerprint density at radius 1 is 1.55 bits per heavy atom. The summed E-state index contributed by atoms with van der Waals surface area (Å²) in [6.07, 6.45) is 0.251. The Kier molecular flexibility index (Phi) is 5.19. The van der Waals surface area contributed by atoms with Gasteiger partial charge in [-0.25, -0.2) is 0 Å². The highest BCUT2D eigenvalue weighted by Crippen LogP contribution is 2.26. The van der Waals surface area contributed by atoms with Crippen molar-refractivity contribution in [1.82, 2.24) is 4.90 Å². The molecule has 7 heteroatoms. The van der Waals surface area contributed by atoms with Crippen LogP contribution in [0.25, 0.3) is 0 Å². The van der Waals surface area contributed by atoms with Gasteiger partial charge in [0.15, 0.2) is 11.5 Å². The van der Waals surface area contributed by atoms with E-state index in [1.54, 1.807) is 20.0 Å². The van der Waals surface area contributed by atoms with Crippen LogP contribution in [-0.4, -0.2) is 47.2 Å². The second kappa shape index (κ2) is 6.65. The molecule has 0 heterocycles. The molecule has 0 spiro atoms. The van der Waals surface area contributed by atoms with Crippen LogP contribution < -0.4 is 10.5 Å². The molecule has 0 aromatic heterocycles.